The number of nitrogens with one attached hydrogen (secondary N) is 2. The van der Waals surface area contributed by atoms with Crippen molar-refractivity contribution in [2.45, 2.75) is 18.2 Å². The van der Waals surface area contributed by atoms with E-state index in [9.17, 15) is 13.2 Å². The lowest BCUT2D eigenvalue weighted by Crippen LogP contribution is -2.31. The minimum absolute atomic E-state index is 0.0371. The molecule has 0 bridgehead atoms. The van der Waals surface area contributed by atoms with Gasteiger partial charge in [0.2, 0.25) is 14.2 Å². The molecule has 0 atom stereocenters. The van der Waals surface area contributed by atoms with Crippen LogP contribution in [0.25, 0.3) is 10.2 Å². The summed E-state index contributed by atoms with van der Waals surface area (Å²) < 4.78 is 30.2. The molecule has 2 N–H and O–H groups in total. The average Bonchev–Trinajstić information content (AvgIpc) is 2.90. The van der Waals surface area contributed by atoms with E-state index in [1.165, 1.54) is 0 Å². The maximum atomic E-state index is 12.3. The minimum atomic E-state index is -3.38. The lowest BCUT2D eigenvalue weighted by atomic mass is 10.3. The fraction of sp³-hybridized carbons (Fsp3) is 0.467. The Balaban J connectivity index is 2.15. The van der Waals surface area contributed by atoms with Gasteiger partial charge >= 0.3 is 6.03 Å². The second-order valence-electron chi connectivity index (χ2n) is 5.71. The maximum absolute atomic E-state index is 12.3. The van der Waals surface area contributed by atoms with Crippen LogP contribution in [-0.2, 0) is 14.6 Å². The number of anilines is 1. The fourth-order valence-electron chi connectivity index (χ4n) is 2.07. The molecule has 7 nitrogen and oxygen atoms in total. The van der Waals surface area contributed by atoms with Crippen LogP contribution in [0.2, 0.25) is 0 Å². The van der Waals surface area contributed by atoms with Crippen molar-refractivity contribution in [3.05, 3.63) is 18.2 Å². The average molecular weight is 371 g/mol. The molecule has 24 heavy (non-hydrogen) atoms. The second kappa shape index (κ2) is 7.91. The number of nitrogens with zero attached hydrogens (tertiary/aromatic N) is 1. The van der Waals surface area contributed by atoms with E-state index >= 15 is 0 Å². The highest BCUT2D eigenvalue weighted by Gasteiger charge is 2.21. The van der Waals surface area contributed by atoms with Crippen LogP contribution < -0.4 is 10.6 Å². The van der Waals surface area contributed by atoms with E-state index in [0.717, 1.165) is 11.3 Å². The van der Waals surface area contributed by atoms with E-state index < -0.39 is 9.84 Å². The van der Waals surface area contributed by atoms with Gasteiger partial charge in [-0.2, -0.15) is 0 Å². The third kappa shape index (κ3) is 4.89. The zero-order chi connectivity index (χ0) is 17.7. The summed E-state index contributed by atoms with van der Waals surface area (Å²) in [5.41, 5.74) is 1.18. The molecule has 2 aromatic rings. The van der Waals surface area contributed by atoms with E-state index in [1.807, 2.05) is 13.8 Å². The fourth-order valence-corrected chi connectivity index (χ4v) is 5.04. The molecule has 2 rings (SSSR count). The van der Waals surface area contributed by atoms with Crippen LogP contribution in [0, 0.1) is 5.92 Å². The number of ether oxygens (including phenoxy) is 1. The van der Waals surface area contributed by atoms with Crippen molar-refractivity contribution in [2.24, 2.45) is 5.92 Å². The Hall–Kier alpha value is -1.71. The zero-order valence-corrected chi connectivity index (χ0v) is 15.5. The lowest BCUT2D eigenvalue weighted by molar-refractivity contribution is 0.198. The highest BCUT2D eigenvalue weighted by atomic mass is 32.2. The molecule has 1 aromatic heterocycles. The van der Waals surface area contributed by atoms with Gasteiger partial charge in [-0.3, -0.25) is 0 Å². The number of aromatic nitrogens is 1. The first-order valence-electron chi connectivity index (χ1n) is 7.49. The minimum Gasteiger partial charge on any atom is -0.383 e. The largest absolute Gasteiger partial charge is 0.383 e. The quantitative estimate of drug-likeness (QED) is 0.729. The Morgan fingerprint density at radius 1 is 1.38 bits per heavy atom. The Bertz CT molecular complexity index is 815. The summed E-state index contributed by atoms with van der Waals surface area (Å²) in [7, 11) is -1.82. The van der Waals surface area contributed by atoms with E-state index in [0.29, 0.717) is 29.1 Å². The molecule has 132 valence electrons. The highest BCUT2D eigenvalue weighted by Crippen LogP contribution is 2.29. The first-order chi connectivity index (χ1) is 11.3. The Morgan fingerprint density at radius 3 is 2.79 bits per heavy atom. The van der Waals surface area contributed by atoms with E-state index in [2.05, 4.69) is 15.6 Å². The summed E-state index contributed by atoms with van der Waals surface area (Å²) in [4.78, 5) is 15.9. The first kappa shape index (κ1) is 18.6. The molecule has 0 aliphatic carbocycles. The highest BCUT2D eigenvalue weighted by molar-refractivity contribution is 7.93. The van der Waals surface area contributed by atoms with Crippen molar-refractivity contribution >= 4 is 43.1 Å². The summed E-state index contributed by atoms with van der Waals surface area (Å²) >= 11 is 1.12. The molecule has 0 fully saturated rings. The van der Waals surface area contributed by atoms with Gasteiger partial charge < -0.3 is 15.4 Å². The van der Waals surface area contributed by atoms with Crippen molar-refractivity contribution in [1.29, 1.82) is 0 Å². The number of sulfone groups is 1. The Labute approximate surface area is 145 Å². The molecule has 0 saturated heterocycles. The third-order valence-corrected chi connectivity index (χ3v) is 6.59. The molecule has 0 aliphatic heterocycles. The summed E-state index contributed by atoms with van der Waals surface area (Å²) in [5.74, 6) is 0.106. The van der Waals surface area contributed by atoms with Crippen molar-refractivity contribution in [3.63, 3.8) is 0 Å². The van der Waals surface area contributed by atoms with Crippen LogP contribution in [0.3, 0.4) is 0 Å². The summed E-state index contributed by atoms with van der Waals surface area (Å²) in [6, 6.07) is 4.77. The normalized spacial score (nSPS) is 11.8. The predicted molar refractivity (Wildman–Crippen MR) is 95.4 cm³/mol. The smallest absolute Gasteiger partial charge is 0.319 e. The number of thiazole rings is 1. The maximum Gasteiger partial charge on any atom is 0.319 e. The van der Waals surface area contributed by atoms with Crippen LogP contribution in [0.1, 0.15) is 13.8 Å². The molecular weight excluding hydrogens is 350 g/mol. The number of carbonyl (C=O) groups is 1. The number of methoxy groups -OCH3 is 1. The molecular formula is C15H21N3O4S2. The number of benzene rings is 1. The van der Waals surface area contributed by atoms with Gasteiger partial charge in [0.1, 0.15) is 0 Å². The standard InChI is InChI=1S/C15H21N3O4S2/c1-10(2)9-24(20,21)15-18-12-5-4-11(8-13(12)23-15)17-14(19)16-6-7-22-3/h4-5,8,10H,6-7,9H2,1-3H3,(H2,16,17,19). The number of carbonyl (C=O) groups excluding carboxylic acids is 1. The molecule has 1 heterocycles. The van der Waals surface area contributed by atoms with Crippen LogP contribution in [0.5, 0.6) is 0 Å². The number of fused-ring (bicyclic) bond motifs is 1. The van der Waals surface area contributed by atoms with Crippen LogP contribution in [0.15, 0.2) is 22.5 Å². The Kier molecular flexibility index (Phi) is 6.14. The van der Waals surface area contributed by atoms with Gasteiger partial charge in [-0.15, -0.1) is 11.3 Å². The molecule has 0 unspecified atom stereocenters. The SMILES string of the molecule is COCCNC(=O)Nc1ccc2nc(S(=O)(=O)CC(C)C)sc2c1. The Morgan fingerprint density at radius 2 is 2.12 bits per heavy atom. The van der Waals surface area contributed by atoms with Gasteiger partial charge in [0.05, 0.1) is 22.6 Å². The number of hydrogen-bond acceptors (Lipinski definition) is 6. The zero-order valence-electron chi connectivity index (χ0n) is 13.8. The molecule has 0 radical (unpaired) electrons. The molecule has 2 amide bonds. The van der Waals surface area contributed by atoms with Gasteiger partial charge in [0.15, 0.2) is 0 Å². The van der Waals surface area contributed by atoms with Crippen molar-refractivity contribution in [2.75, 3.05) is 31.3 Å². The van der Waals surface area contributed by atoms with Crippen LogP contribution in [-0.4, -0.2) is 45.4 Å². The van der Waals surface area contributed by atoms with Gasteiger partial charge in [-0.1, -0.05) is 13.8 Å². The van der Waals surface area contributed by atoms with E-state index in [1.54, 1.807) is 25.3 Å². The lowest BCUT2D eigenvalue weighted by Gasteiger charge is -2.06. The van der Waals surface area contributed by atoms with Gasteiger partial charge in [0, 0.05) is 19.3 Å². The number of hydrogen-bond donors (Lipinski definition) is 2. The number of amides is 2. The van der Waals surface area contributed by atoms with Gasteiger partial charge in [-0.05, 0) is 24.1 Å². The summed E-state index contributed by atoms with van der Waals surface area (Å²) in [6.07, 6.45) is 0. The van der Waals surface area contributed by atoms with Crippen molar-refractivity contribution in [1.82, 2.24) is 10.3 Å². The molecule has 0 aliphatic rings. The van der Waals surface area contributed by atoms with E-state index in [-0.39, 0.29) is 22.0 Å². The number of rotatable bonds is 7. The van der Waals surface area contributed by atoms with Gasteiger partial charge in [-0.25, -0.2) is 18.2 Å². The second-order valence-corrected chi connectivity index (χ2v) is 8.95. The summed E-state index contributed by atoms with van der Waals surface area (Å²) in [5, 5.41) is 5.35. The predicted octanol–water partition coefficient (Wildman–Crippen LogP) is 2.49. The number of urea groups is 1. The summed E-state index contributed by atoms with van der Waals surface area (Å²) in [6.45, 7) is 4.55. The molecule has 0 spiro atoms. The van der Waals surface area contributed by atoms with E-state index in [4.69, 9.17) is 4.74 Å². The van der Waals surface area contributed by atoms with Crippen LogP contribution >= 0.6 is 11.3 Å². The van der Waals surface area contributed by atoms with Crippen LogP contribution in [0.4, 0.5) is 10.5 Å². The molecule has 0 saturated carbocycles. The molecule has 9 heteroatoms. The molecule has 1 aromatic carbocycles. The van der Waals surface area contributed by atoms with Crippen molar-refractivity contribution in [3.8, 4) is 0 Å². The van der Waals surface area contributed by atoms with Crippen molar-refractivity contribution < 1.29 is 17.9 Å². The third-order valence-electron chi connectivity index (χ3n) is 3.04. The monoisotopic (exact) mass is 371 g/mol. The van der Waals surface area contributed by atoms with Gasteiger partial charge in [0.25, 0.3) is 0 Å². The first-order valence-corrected chi connectivity index (χ1v) is 9.96. The topological polar surface area (TPSA) is 97.4 Å².